The molecule has 0 saturated carbocycles. The van der Waals surface area contributed by atoms with Crippen LogP contribution in [-0.2, 0) is 9.22 Å². The highest BCUT2D eigenvalue weighted by Crippen LogP contribution is 2.08. The Bertz CT molecular complexity index is 144. The second kappa shape index (κ2) is 4.33. The SMILES string of the molecule is C[Si](C)(C)OC(=O)C(Cl)CCl. The van der Waals surface area contributed by atoms with E-state index in [1.165, 1.54) is 0 Å². The number of halogens is 2. The van der Waals surface area contributed by atoms with Crippen molar-refractivity contribution in [3.8, 4) is 0 Å². The van der Waals surface area contributed by atoms with Gasteiger partial charge in [-0.05, 0) is 19.6 Å². The van der Waals surface area contributed by atoms with E-state index in [1.54, 1.807) is 0 Å². The first-order chi connectivity index (χ1) is 4.87. The molecule has 5 heteroatoms. The Balaban J connectivity index is 3.88. The predicted molar refractivity (Wildman–Crippen MR) is 49.8 cm³/mol. The van der Waals surface area contributed by atoms with Crippen molar-refractivity contribution in [1.82, 2.24) is 0 Å². The topological polar surface area (TPSA) is 26.3 Å². The van der Waals surface area contributed by atoms with Gasteiger partial charge in [-0.1, -0.05) is 0 Å². The maximum atomic E-state index is 11.0. The van der Waals surface area contributed by atoms with Gasteiger partial charge in [-0.2, -0.15) is 0 Å². The maximum Gasteiger partial charge on any atom is 0.311 e. The Labute approximate surface area is 77.9 Å². The van der Waals surface area contributed by atoms with E-state index >= 15 is 0 Å². The summed E-state index contributed by atoms with van der Waals surface area (Å²) >= 11 is 10.9. The van der Waals surface area contributed by atoms with Crippen molar-refractivity contribution in [2.75, 3.05) is 5.88 Å². The zero-order valence-electron chi connectivity index (χ0n) is 6.86. The van der Waals surface area contributed by atoms with Crippen LogP contribution in [0, 0.1) is 0 Å². The van der Waals surface area contributed by atoms with Gasteiger partial charge in [-0.15, -0.1) is 23.2 Å². The summed E-state index contributed by atoms with van der Waals surface area (Å²) in [5, 5.41) is -0.705. The monoisotopic (exact) mass is 214 g/mol. The molecule has 11 heavy (non-hydrogen) atoms. The molecule has 1 unspecified atom stereocenters. The largest absolute Gasteiger partial charge is 0.519 e. The van der Waals surface area contributed by atoms with Gasteiger partial charge < -0.3 is 4.43 Å². The Morgan fingerprint density at radius 3 is 2.27 bits per heavy atom. The second-order valence-corrected chi connectivity index (χ2v) is 8.42. The molecule has 0 aliphatic heterocycles. The van der Waals surface area contributed by atoms with E-state index in [0.29, 0.717) is 0 Å². The number of carbonyl (C=O) groups is 1. The molecule has 0 aromatic carbocycles. The molecule has 0 amide bonds. The molecule has 2 nitrogen and oxygen atoms in total. The molecule has 0 aromatic rings. The molecule has 0 spiro atoms. The summed E-state index contributed by atoms with van der Waals surface area (Å²) in [5.41, 5.74) is 0. The summed E-state index contributed by atoms with van der Waals surface area (Å²) in [7, 11) is -1.79. The van der Waals surface area contributed by atoms with Gasteiger partial charge in [0.1, 0.15) is 5.38 Å². The van der Waals surface area contributed by atoms with E-state index in [0.717, 1.165) is 0 Å². The standard InChI is InChI=1S/C6H12Cl2O2Si/c1-11(2,3)10-6(9)5(8)4-7/h5H,4H2,1-3H3. The van der Waals surface area contributed by atoms with Crippen LogP contribution < -0.4 is 0 Å². The number of hydrogen-bond donors (Lipinski definition) is 0. The molecule has 0 rings (SSSR count). The van der Waals surface area contributed by atoms with Crippen LogP contribution in [0.25, 0.3) is 0 Å². The fourth-order valence-corrected chi connectivity index (χ4v) is 1.42. The molecule has 0 N–H and O–H groups in total. The maximum absolute atomic E-state index is 11.0. The molecule has 0 heterocycles. The smallest absolute Gasteiger partial charge is 0.311 e. The number of hydrogen-bond acceptors (Lipinski definition) is 2. The molecular formula is C6H12Cl2O2Si. The van der Waals surface area contributed by atoms with Crippen molar-refractivity contribution in [2.24, 2.45) is 0 Å². The minimum Gasteiger partial charge on any atom is -0.519 e. The highest BCUT2D eigenvalue weighted by Gasteiger charge is 2.24. The van der Waals surface area contributed by atoms with Crippen molar-refractivity contribution in [1.29, 1.82) is 0 Å². The van der Waals surface area contributed by atoms with Crippen LogP contribution in [0.3, 0.4) is 0 Å². The number of carbonyl (C=O) groups excluding carboxylic acids is 1. The minimum atomic E-state index is -1.79. The zero-order chi connectivity index (χ0) is 9.07. The molecule has 0 saturated heterocycles. The summed E-state index contributed by atoms with van der Waals surface area (Å²) in [6, 6.07) is 0. The molecule has 0 bridgehead atoms. The first-order valence-electron chi connectivity index (χ1n) is 3.29. The molecule has 1 atom stereocenters. The lowest BCUT2D eigenvalue weighted by Crippen LogP contribution is -2.33. The molecular weight excluding hydrogens is 203 g/mol. The van der Waals surface area contributed by atoms with E-state index in [9.17, 15) is 4.79 Å². The summed E-state index contributed by atoms with van der Waals surface area (Å²) in [6.07, 6.45) is 0. The Morgan fingerprint density at radius 2 is 2.00 bits per heavy atom. The second-order valence-electron chi connectivity index (χ2n) is 3.16. The van der Waals surface area contributed by atoms with Crippen LogP contribution in [0.2, 0.25) is 19.6 Å². The van der Waals surface area contributed by atoms with Gasteiger partial charge in [0.2, 0.25) is 8.32 Å². The fraction of sp³-hybridized carbons (Fsp3) is 0.833. The average Bonchev–Trinajstić information content (AvgIpc) is 1.82. The third-order valence-electron chi connectivity index (χ3n) is 0.798. The first kappa shape index (κ1) is 11.3. The van der Waals surface area contributed by atoms with Gasteiger partial charge in [0.05, 0.1) is 0 Å². The Kier molecular flexibility index (Phi) is 4.44. The van der Waals surface area contributed by atoms with Crippen molar-refractivity contribution in [3.63, 3.8) is 0 Å². The van der Waals surface area contributed by atoms with Gasteiger partial charge in [0.15, 0.2) is 0 Å². The van der Waals surface area contributed by atoms with Crippen LogP contribution in [0.4, 0.5) is 0 Å². The van der Waals surface area contributed by atoms with E-state index in [4.69, 9.17) is 27.6 Å². The highest BCUT2D eigenvalue weighted by molar-refractivity contribution is 6.71. The first-order valence-corrected chi connectivity index (χ1v) is 7.67. The molecule has 0 aliphatic rings. The lowest BCUT2D eigenvalue weighted by Gasteiger charge is -2.18. The van der Waals surface area contributed by atoms with Crippen LogP contribution in [-0.4, -0.2) is 25.5 Å². The zero-order valence-corrected chi connectivity index (χ0v) is 9.37. The van der Waals surface area contributed by atoms with Crippen LogP contribution in [0.15, 0.2) is 0 Å². The lowest BCUT2D eigenvalue weighted by molar-refractivity contribution is -0.134. The van der Waals surface area contributed by atoms with Gasteiger partial charge >= 0.3 is 5.97 Å². The van der Waals surface area contributed by atoms with Gasteiger partial charge in [0, 0.05) is 5.88 Å². The Hall–Kier alpha value is 0.267. The normalized spacial score (nSPS) is 14.3. The van der Waals surface area contributed by atoms with E-state index in [2.05, 4.69) is 0 Å². The average molecular weight is 215 g/mol. The van der Waals surface area contributed by atoms with Crippen molar-refractivity contribution in [2.45, 2.75) is 25.0 Å². The summed E-state index contributed by atoms with van der Waals surface area (Å²) in [5.74, 6) is -0.300. The summed E-state index contributed by atoms with van der Waals surface area (Å²) < 4.78 is 5.07. The Morgan fingerprint density at radius 1 is 1.55 bits per heavy atom. The van der Waals surface area contributed by atoms with Crippen LogP contribution >= 0.6 is 23.2 Å². The summed E-state index contributed by atoms with van der Waals surface area (Å²) in [6.45, 7) is 5.76. The van der Waals surface area contributed by atoms with Crippen molar-refractivity contribution < 1.29 is 9.22 Å². The van der Waals surface area contributed by atoms with Gasteiger partial charge in [-0.3, -0.25) is 4.79 Å². The van der Waals surface area contributed by atoms with E-state index < -0.39 is 19.7 Å². The third-order valence-corrected chi connectivity index (χ3v) is 2.41. The third kappa shape index (κ3) is 5.53. The molecule has 0 radical (unpaired) electrons. The summed E-state index contributed by atoms with van der Waals surface area (Å²) in [4.78, 5) is 11.0. The van der Waals surface area contributed by atoms with Gasteiger partial charge in [-0.25, -0.2) is 0 Å². The number of rotatable bonds is 3. The molecule has 0 aromatic heterocycles. The minimum absolute atomic E-state index is 0.102. The molecule has 66 valence electrons. The highest BCUT2D eigenvalue weighted by atomic mass is 35.5. The van der Waals surface area contributed by atoms with Crippen LogP contribution in [0.1, 0.15) is 0 Å². The van der Waals surface area contributed by atoms with E-state index in [1.807, 2.05) is 19.6 Å². The van der Waals surface area contributed by atoms with Crippen LogP contribution in [0.5, 0.6) is 0 Å². The predicted octanol–water partition coefficient (Wildman–Crippen LogP) is 2.21. The lowest BCUT2D eigenvalue weighted by atomic mass is 10.5. The quantitative estimate of drug-likeness (QED) is 0.533. The molecule has 0 fully saturated rings. The van der Waals surface area contributed by atoms with Crippen molar-refractivity contribution in [3.05, 3.63) is 0 Å². The fourth-order valence-electron chi connectivity index (χ4n) is 0.429. The molecule has 0 aliphatic carbocycles. The van der Waals surface area contributed by atoms with Gasteiger partial charge in [0.25, 0.3) is 0 Å². The van der Waals surface area contributed by atoms with Crippen molar-refractivity contribution >= 4 is 37.5 Å². The number of alkyl halides is 2. The van der Waals surface area contributed by atoms with E-state index in [-0.39, 0.29) is 5.88 Å².